The van der Waals surface area contributed by atoms with E-state index in [9.17, 15) is 9.50 Å². The molecule has 4 heteroatoms. The van der Waals surface area contributed by atoms with Crippen LogP contribution in [0.1, 0.15) is 32.1 Å². The van der Waals surface area contributed by atoms with Gasteiger partial charge >= 0.3 is 0 Å². The molecule has 0 bridgehead atoms. The number of halogens is 1. The van der Waals surface area contributed by atoms with E-state index in [2.05, 4.69) is 0 Å². The van der Waals surface area contributed by atoms with Gasteiger partial charge in [-0.15, -0.1) is 11.8 Å². The van der Waals surface area contributed by atoms with Crippen LogP contribution in [0.2, 0.25) is 0 Å². The minimum absolute atomic E-state index is 0.107. The fourth-order valence-corrected chi connectivity index (χ4v) is 3.39. The maximum absolute atomic E-state index is 13.7. The van der Waals surface area contributed by atoms with Crippen molar-refractivity contribution in [2.45, 2.75) is 48.4 Å². The topological polar surface area (TPSA) is 46.2 Å². The molecule has 2 unspecified atom stereocenters. The summed E-state index contributed by atoms with van der Waals surface area (Å²) in [4.78, 5) is 0.588. The molecule has 0 spiro atoms. The quantitative estimate of drug-likeness (QED) is 0.630. The zero-order chi connectivity index (χ0) is 12.3. The van der Waals surface area contributed by atoms with Crippen LogP contribution in [0.25, 0.3) is 0 Å². The third-order valence-electron chi connectivity index (χ3n) is 3.15. The normalized spacial score (nSPS) is 25.5. The lowest BCUT2D eigenvalue weighted by atomic mass is 10.1. The highest BCUT2D eigenvalue weighted by Gasteiger charge is 2.23. The zero-order valence-electron chi connectivity index (χ0n) is 9.73. The molecule has 0 radical (unpaired) electrons. The summed E-state index contributed by atoms with van der Waals surface area (Å²) in [6.07, 6.45) is 4.81. The second-order valence-electron chi connectivity index (χ2n) is 4.55. The number of nitrogens with two attached hydrogens (primary N) is 1. The minimum Gasteiger partial charge on any atom is -0.399 e. The third-order valence-corrected chi connectivity index (χ3v) is 4.59. The van der Waals surface area contributed by atoms with E-state index in [1.807, 2.05) is 0 Å². The lowest BCUT2D eigenvalue weighted by Crippen LogP contribution is -2.21. The van der Waals surface area contributed by atoms with Gasteiger partial charge in [-0.05, 0) is 31.0 Å². The summed E-state index contributed by atoms with van der Waals surface area (Å²) in [6, 6.07) is 4.74. The van der Waals surface area contributed by atoms with Crippen LogP contribution in [-0.4, -0.2) is 16.5 Å². The molecular formula is C13H18FNOS. The highest BCUT2D eigenvalue weighted by atomic mass is 32.2. The van der Waals surface area contributed by atoms with Gasteiger partial charge < -0.3 is 10.8 Å². The maximum atomic E-state index is 13.7. The van der Waals surface area contributed by atoms with Crippen LogP contribution in [-0.2, 0) is 0 Å². The Bertz CT molecular complexity index is 386. The summed E-state index contributed by atoms with van der Waals surface area (Å²) in [7, 11) is 0. The molecule has 1 aliphatic carbocycles. The number of benzene rings is 1. The number of anilines is 1. The molecule has 1 aromatic carbocycles. The maximum Gasteiger partial charge on any atom is 0.138 e. The number of aliphatic hydroxyl groups is 1. The fraction of sp³-hybridized carbons (Fsp3) is 0.538. The van der Waals surface area contributed by atoms with Gasteiger partial charge in [-0.2, -0.15) is 0 Å². The Hall–Kier alpha value is -0.740. The summed E-state index contributed by atoms with van der Waals surface area (Å²) in [5, 5.41) is 10.1. The largest absolute Gasteiger partial charge is 0.399 e. The molecule has 2 rings (SSSR count). The van der Waals surface area contributed by atoms with Crippen molar-refractivity contribution < 1.29 is 9.50 Å². The molecule has 1 saturated carbocycles. The lowest BCUT2D eigenvalue weighted by Gasteiger charge is -2.20. The molecule has 2 atom stereocenters. The molecule has 0 saturated heterocycles. The van der Waals surface area contributed by atoms with Crippen LogP contribution in [0.5, 0.6) is 0 Å². The summed E-state index contributed by atoms with van der Waals surface area (Å²) in [6.45, 7) is 0. The Morgan fingerprint density at radius 3 is 2.76 bits per heavy atom. The fourth-order valence-electron chi connectivity index (χ4n) is 2.17. The predicted molar refractivity (Wildman–Crippen MR) is 69.5 cm³/mol. The average Bonchev–Trinajstić information content (AvgIpc) is 2.48. The molecule has 0 amide bonds. The van der Waals surface area contributed by atoms with E-state index < -0.39 is 0 Å². The van der Waals surface area contributed by atoms with Crippen LogP contribution >= 0.6 is 11.8 Å². The second kappa shape index (κ2) is 5.74. The van der Waals surface area contributed by atoms with Crippen molar-refractivity contribution in [3.05, 3.63) is 24.0 Å². The van der Waals surface area contributed by atoms with Crippen molar-refractivity contribution >= 4 is 17.4 Å². The van der Waals surface area contributed by atoms with Crippen LogP contribution in [0.4, 0.5) is 10.1 Å². The third kappa shape index (κ3) is 3.36. The van der Waals surface area contributed by atoms with E-state index in [0.29, 0.717) is 10.6 Å². The highest BCUT2D eigenvalue weighted by Crippen LogP contribution is 2.34. The molecule has 1 fully saturated rings. The first-order valence-corrected chi connectivity index (χ1v) is 6.94. The number of hydrogen-bond donors (Lipinski definition) is 2. The SMILES string of the molecule is Nc1ccc(SC2CCCCCC2O)c(F)c1. The van der Waals surface area contributed by atoms with Gasteiger partial charge in [-0.25, -0.2) is 4.39 Å². The first-order valence-electron chi connectivity index (χ1n) is 6.06. The van der Waals surface area contributed by atoms with E-state index in [1.54, 1.807) is 12.1 Å². The Balaban J connectivity index is 2.08. The first kappa shape index (κ1) is 12.7. The molecule has 0 heterocycles. The molecule has 1 aromatic rings. The molecule has 94 valence electrons. The van der Waals surface area contributed by atoms with Crippen molar-refractivity contribution in [2.24, 2.45) is 0 Å². The van der Waals surface area contributed by atoms with Crippen molar-refractivity contribution in [1.82, 2.24) is 0 Å². The van der Waals surface area contributed by atoms with Gasteiger partial charge in [0.15, 0.2) is 0 Å². The Morgan fingerprint density at radius 2 is 2.00 bits per heavy atom. The van der Waals surface area contributed by atoms with E-state index in [4.69, 9.17) is 5.73 Å². The van der Waals surface area contributed by atoms with E-state index >= 15 is 0 Å². The predicted octanol–water partition coefficient (Wildman–Crippen LogP) is 3.19. The molecule has 3 N–H and O–H groups in total. The summed E-state index contributed by atoms with van der Waals surface area (Å²) >= 11 is 1.44. The van der Waals surface area contributed by atoms with Crippen LogP contribution in [0, 0.1) is 5.82 Å². The summed E-state index contributed by atoms with van der Waals surface area (Å²) in [5.41, 5.74) is 5.95. The Kier molecular flexibility index (Phi) is 4.29. The zero-order valence-corrected chi connectivity index (χ0v) is 10.5. The Labute approximate surface area is 105 Å². The van der Waals surface area contributed by atoms with Crippen LogP contribution in [0.15, 0.2) is 23.1 Å². The monoisotopic (exact) mass is 255 g/mol. The van der Waals surface area contributed by atoms with Gasteiger partial charge in [0.1, 0.15) is 5.82 Å². The van der Waals surface area contributed by atoms with Crippen molar-refractivity contribution in [3.8, 4) is 0 Å². The molecule has 17 heavy (non-hydrogen) atoms. The highest BCUT2D eigenvalue weighted by molar-refractivity contribution is 8.00. The first-order chi connectivity index (χ1) is 8.16. The molecular weight excluding hydrogens is 237 g/mol. The smallest absolute Gasteiger partial charge is 0.138 e. The molecule has 2 nitrogen and oxygen atoms in total. The molecule has 1 aliphatic rings. The second-order valence-corrected chi connectivity index (χ2v) is 5.83. The van der Waals surface area contributed by atoms with Crippen molar-refractivity contribution in [3.63, 3.8) is 0 Å². The van der Waals surface area contributed by atoms with E-state index in [-0.39, 0.29) is 17.2 Å². The van der Waals surface area contributed by atoms with Gasteiger partial charge in [-0.3, -0.25) is 0 Å². The number of thioether (sulfide) groups is 1. The van der Waals surface area contributed by atoms with Gasteiger partial charge in [0.25, 0.3) is 0 Å². The number of nitrogen functional groups attached to an aromatic ring is 1. The van der Waals surface area contributed by atoms with Crippen molar-refractivity contribution in [2.75, 3.05) is 5.73 Å². The standard InChI is InChI=1S/C13H18FNOS/c14-10-8-9(15)6-7-12(10)17-13-5-3-1-2-4-11(13)16/h6-8,11,13,16H,1-5,15H2. The van der Waals surface area contributed by atoms with Gasteiger partial charge in [0.05, 0.1) is 6.10 Å². The summed E-state index contributed by atoms with van der Waals surface area (Å²) < 4.78 is 13.7. The van der Waals surface area contributed by atoms with E-state index in [1.165, 1.54) is 24.2 Å². The Morgan fingerprint density at radius 1 is 1.24 bits per heavy atom. The van der Waals surface area contributed by atoms with Crippen molar-refractivity contribution in [1.29, 1.82) is 0 Å². The lowest BCUT2D eigenvalue weighted by molar-refractivity contribution is 0.163. The number of rotatable bonds is 2. The average molecular weight is 255 g/mol. The van der Waals surface area contributed by atoms with Crippen LogP contribution in [0.3, 0.4) is 0 Å². The van der Waals surface area contributed by atoms with Gasteiger partial charge in [-0.1, -0.05) is 19.3 Å². The van der Waals surface area contributed by atoms with Crippen LogP contribution < -0.4 is 5.73 Å². The van der Waals surface area contributed by atoms with Gasteiger partial charge in [0.2, 0.25) is 0 Å². The van der Waals surface area contributed by atoms with Gasteiger partial charge in [0, 0.05) is 15.8 Å². The summed E-state index contributed by atoms with van der Waals surface area (Å²) in [5.74, 6) is -0.286. The molecule has 0 aromatic heterocycles. The number of hydrogen-bond acceptors (Lipinski definition) is 3. The number of aliphatic hydroxyl groups excluding tert-OH is 1. The molecule has 0 aliphatic heterocycles. The van der Waals surface area contributed by atoms with E-state index in [0.717, 1.165) is 25.7 Å². The minimum atomic E-state index is -0.320.